The van der Waals surface area contributed by atoms with Crippen LogP contribution in [0.2, 0.25) is 0 Å². The highest BCUT2D eigenvalue weighted by atomic mass is 16.5. The number of carbonyl (C=O) groups is 1. The summed E-state index contributed by atoms with van der Waals surface area (Å²) in [6.45, 7) is 11.0. The van der Waals surface area contributed by atoms with E-state index in [4.69, 9.17) is 4.74 Å². The Balaban J connectivity index is 1.35. The Labute approximate surface area is 186 Å². The number of amides is 1. The van der Waals surface area contributed by atoms with Gasteiger partial charge in [0.2, 0.25) is 0 Å². The first-order chi connectivity index (χ1) is 15.1. The Morgan fingerprint density at radius 2 is 1.90 bits per heavy atom. The van der Waals surface area contributed by atoms with Crippen molar-refractivity contribution in [2.24, 2.45) is 5.92 Å². The van der Waals surface area contributed by atoms with Gasteiger partial charge >= 0.3 is 0 Å². The zero-order valence-electron chi connectivity index (χ0n) is 18.8. The van der Waals surface area contributed by atoms with Crippen LogP contribution in [0.4, 0.5) is 5.69 Å². The lowest BCUT2D eigenvalue weighted by atomic mass is 9.99. The maximum Gasteiger partial charge on any atom is 0.251 e. The summed E-state index contributed by atoms with van der Waals surface area (Å²) in [4.78, 5) is 17.7. The summed E-state index contributed by atoms with van der Waals surface area (Å²) < 4.78 is 5.42. The van der Waals surface area contributed by atoms with Gasteiger partial charge in [0.1, 0.15) is 0 Å². The zero-order valence-corrected chi connectivity index (χ0v) is 18.8. The van der Waals surface area contributed by atoms with E-state index >= 15 is 0 Å². The molecule has 2 aromatic rings. The number of ether oxygens (including phenoxy) is 1. The van der Waals surface area contributed by atoms with Crippen LogP contribution in [0, 0.1) is 5.92 Å². The molecule has 2 saturated heterocycles. The number of nitrogens with one attached hydrogen (secondary N) is 1. The summed E-state index contributed by atoms with van der Waals surface area (Å²) in [5.74, 6) is 0.732. The van der Waals surface area contributed by atoms with Crippen LogP contribution < -0.4 is 10.2 Å². The second kappa shape index (κ2) is 10.3. The smallest absolute Gasteiger partial charge is 0.251 e. The molecule has 0 spiro atoms. The molecule has 0 saturated carbocycles. The molecule has 2 aliphatic heterocycles. The summed E-state index contributed by atoms with van der Waals surface area (Å²) >= 11 is 0. The SMILES string of the molecule is C[C@@H]1CCCN(c2ccc([C@H](C)NC(=O)c3cccc(CN4CCOCC4)c3)cc2)C1. The summed E-state index contributed by atoms with van der Waals surface area (Å²) in [7, 11) is 0. The predicted molar refractivity (Wildman–Crippen MR) is 125 cm³/mol. The van der Waals surface area contributed by atoms with Gasteiger partial charge < -0.3 is 15.0 Å². The molecule has 0 bridgehead atoms. The van der Waals surface area contributed by atoms with Crippen molar-refractivity contribution in [1.29, 1.82) is 0 Å². The molecule has 5 heteroatoms. The van der Waals surface area contributed by atoms with Gasteiger partial charge in [-0.1, -0.05) is 31.2 Å². The van der Waals surface area contributed by atoms with Gasteiger partial charge in [-0.05, 0) is 61.1 Å². The minimum atomic E-state index is -0.0373. The molecule has 0 aliphatic carbocycles. The molecule has 31 heavy (non-hydrogen) atoms. The number of nitrogens with zero attached hydrogens (tertiary/aromatic N) is 2. The number of hydrogen-bond acceptors (Lipinski definition) is 4. The number of carbonyl (C=O) groups excluding carboxylic acids is 1. The van der Waals surface area contributed by atoms with Crippen molar-refractivity contribution in [1.82, 2.24) is 10.2 Å². The van der Waals surface area contributed by atoms with E-state index < -0.39 is 0 Å². The lowest BCUT2D eigenvalue weighted by Gasteiger charge is -2.33. The van der Waals surface area contributed by atoms with Gasteiger partial charge in [-0.15, -0.1) is 0 Å². The molecule has 166 valence electrons. The van der Waals surface area contributed by atoms with E-state index in [2.05, 4.69) is 52.4 Å². The van der Waals surface area contributed by atoms with Crippen molar-refractivity contribution in [3.63, 3.8) is 0 Å². The fraction of sp³-hybridized carbons (Fsp3) is 0.500. The molecule has 2 aliphatic rings. The molecule has 2 heterocycles. The maximum absolute atomic E-state index is 12.9. The lowest BCUT2D eigenvalue weighted by Crippen LogP contribution is -2.35. The Morgan fingerprint density at radius 3 is 2.65 bits per heavy atom. The summed E-state index contributed by atoms with van der Waals surface area (Å²) in [5, 5.41) is 3.16. The molecule has 1 N–H and O–H groups in total. The molecule has 2 aromatic carbocycles. The molecular formula is C26H35N3O2. The highest BCUT2D eigenvalue weighted by Crippen LogP contribution is 2.25. The van der Waals surface area contributed by atoms with Gasteiger partial charge in [0.25, 0.3) is 5.91 Å². The molecule has 1 amide bonds. The van der Waals surface area contributed by atoms with Crippen molar-refractivity contribution in [3.8, 4) is 0 Å². The third-order valence-corrected chi connectivity index (χ3v) is 6.46. The largest absolute Gasteiger partial charge is 0.379 e. The van der Waals surface area contributed by atoms with Crippen LogP contribution in [-0.2, 0) is 11.3 Å². The van der Waals surface area contributed by atoms with Crippen molar-refractivity contribution in [2.75, 3.05) is 44.3 Å². The molecule has 5 nitrogen and oxygen atoms in total. The van der Waals surface area contributed by atoms with Gasteiger partial charge in [-0.3, -0.25) is 9.69 Å². The Morgan fingerprint density at radius 1 is 1.13 bits per heavy atom. The van der Waals surface area contributed by atoms with E-state index in [-0.39, 0.29) is 11.9 Å². The van der Waals surface area contributed by atoms with E-state index in [1.807, 2.05) is 25.1 Å². The van der Waals surface area contributed by atoms with Crippen molar-refractivity contribution in [2.45, 2.75) is 39.3 Å². The normalized spacial score (nSPS) is 21.0. The molecule has 4 rings (SSSR count). The number of rotatable bonds is 6. The fourth-order valence-corrected chi connectivity index (χ4v) is 4.59. The Kier molecular flexibility index (Phi) is 7.25. The molecule has 0 unspecified atom stereocenters. The van der Waals surface area contributed by atoms with E-state index in [1.54, 1.807) is 0 Å². The minimum absolute atomic E-state index is 0.0229. The van der Waals surface area contributed by atoms with E-state index in [0.29, 0.717) is 0 Å². The Bertz CT molecular complexity index is 861. The first-order valence-electron chi connectivity index (χ1n) is 11.6. The van der Waals surface area contributed by atoms with Gasteiger partial charge in [-0.25, -0.2) is 0 Å². The quantitative estimate of drug-likeness (QED) is 0.758. The molecule has 0 aromatic heterocycles. The standard InChI is InChI=1S/C26H35N3O2/c1-20-5-4-12-29(18-20)25-10-8-23(9-11-25)21(2)27-26(30)24-7-3-6-22(17-24)19-28-13-15-31-16-14-28/h3,6-11,17,20-21H,4-5,12-16,18-19H2,1-2H3,(H,27,30)/t20-,21+/m1/s1. The molecule has 2 fully saturated rings. The third-order valence-electron chi connectivity index (χ3n) is 6.46. The highest BCUT2D eigenvalue weighted by molar-refractivity contribution is 5.94. The van der Waals surface area contributed by atoms with Crippen molar-refractivity contribution in [3.05, 3.63) is 65.2 Å². The third kappa shape index (κ3) is 5.86. The first-order valence-corrected chi connectivity index (χ1v) is 11.6. The van der Waals surface area contributed by atoms with E-state index in [0.717, 1.165) is 63.0 Å². The average Bonchev–Trinajstić information content (AvgIpc) is 2.80. The fourth-order valence-electron chi connectivity index (χ4n) is 4.59. The van der Waals surface area contributed by atoms with Crippen LogP contribution in [0.25, 0.3) is 0 Å². The topological polar surface area (TPSA) is 44.8 Å². The number of piperidine rings is 1. The number of anilines is 1. The molecule has 2 atom stereocenters. The predicted octanol–water partition coefficient (Wildman–Crippen LogP) is 4.25. The number of morpholine rings is 1. The molecular weight excluding hydrogens is 386 g/mol. The zero-order chi connectivity index (χ0) is 21.6. The van der Waals surface area contributed by atoms with Crippen LogP contribution >= 0.6 is 0 Å². The van der Waals surface area contributed by atoms with Gasteiger partial charge in [0.15, 0.2) is 0 Å². The van der Waals surface area contributed by atoms with Crippen molar-refractivity contribution >= 4 is 11.6 Å². The minimum Gasteiger partial charge on any atom is -0.379 e. The summed E-state index contributed by atoms with van der Waals surface area (Å²) in [6, 6.07) is 16.6. The van der Waals surface area contributed by atoms with Crippen LogP contribution in [0.5, 0.6) is 0 Å². The van der Waals surface area contributed by atoms with Crippen LogP contribution in [-0.4, -0.2) is 50.2 Å². The van der Waals surface area contributed by atoms with Crippen LogP contribution in [0.15, 0.2) is 48.5 Å². The van der Waals surface area contributed by atoms with E-state index in [1.165, 1.54) is 24.1 Å². The van der Waals surface area contributed by atoms with Crippen molar-refractivity contribution < 1.29 is 9.53 Å². The van der Waals surface area contributed by atoms with Gasteiger partial charge in [-0.2, -0.15) is 0 Å². The highest BCUT2D eigenvalue weighted by Gasteiger charge is 2.18. The van der Waals surface area contributed by atoms with Crippen LogP contribution in [0.3, 0.4) is 0 Å². The van der Waals surface area contributed by atoms with E-state index in [9.17, 15) is 4.79 Å². The first kappa shape index (κ1) is 21.8. The van der Waals surface area contributed by atoms with Gasteiger partial charge in [0, 0.05) is 44.0 Å². The second-order valence-electron chi connectivity index (χ2n) is 9.07. The second-order valence-corrected chi connectivity index (χ2v) is 9.07. The summed E-state index contributed by atoms with van der Waals surface area (Å²) in [6.07, 6.45) is 2.59. The monoisotopic (exact) mass is 421 g/mol. The molecule has 0 radical (unpaired) electrons. The lowest BCUT2D eigenvalue weighted by molar-refractivity contribution is 0.0342. The number of benzene rings is 2. The summed E-state index contributed by atoms with van der Waals surface area (Å²) in [5.41, 5.74) is 4.30. The average molecular weight is 422 g/mol. The number of hydrogen-bond donors (Lipinski definition) is 1. The Hall–Kier alpha value is -2.37. The van der Waals surface area contributed by atoms with Crippen LogP contribution in [0.1, 0.15) is 54.2 Å². The maximum atomic E-state index is 12.9. The van der Waals surface area contributed by atoms with Gasteiger partial charge in [0.05, 0.1) is 19.3 Å².